The molecule has 1 rings (SSSR count). The van der Waals surface area contributed by atoms with E-state index in [9.17, 15) is 24.1 Å². The molecule has 1 aromatic rings. The first-order valence-corrected chi connectivity index (χ1v) is 5.40. The number of halogens is 1. The quantitative estimate of drug-likeness (QED) is 0.358. The monoisotopic (exact) mass is 285 g/mol. The van der Waals surface area contributed by atoms with E-state index in [-0.39, 0.29) is 5.56 Å². The molecule has 0 N–H and O–H groups in total. The standard InChI is InChI=1S/C12H12FNO6/c1-12(10(15)19-2,11(16)20-3)8-5-4-7(14(17)18)6-9(8)13/h4-6H,1-3H3. The predicted octanol–water partition coefficient (Wildman–Crippen LogP) is 1.34. The third-order valence-electron chi connectivity index (χ3n) is 2.89. The Bertz CT molecular complexity index is 555. The van der Waals surface area contributed by atoms with Gasteiger partial charge in [-0.1, -0.05) is 0 Å². The number of methoxy groups -OCH3 is 2. The molecule has 0 aliphatic heterocycles. The van der Waals surface area contributed by atoms with Crippen LogP contribution in [0.5, 0.6) is 0 Å². The Hall–Kier alpha value is -2.51. The summed E-state index contributed by atoms with van der Waals surface area (Å²) in [4.78, 5) is 33.3. The number of non-ortho nitro benzene ring substituents is 1. The average Bonchev–Trinajstić information content (AvgIpc) is 2.44. The first kappa shape index (κ1) is 15.5. The molecule has 20 heavy (non-hydrogen) atoms. The molecule has 0 atom stereocenters. The molecule has 8 heteroatoms. The third-order valence-corrected chi connectivity index (χ3v) is 2.89. The summed E-state index contributed by atoms with van der Waals surface area (Å²) in [5.41, 5.74) is -2.90. The number of nitro benzene ring substituents is 1. The lowest BCUT2D eigenvalue weighted by Gasteiger charge is -2.24. The van der Waals surface area contributed by atoms with Gasteiger partial charge in [0, 0.05) is 11.6 Å². The highest BCUT2D eigenvalue weighted by atomic mass is 19.1. The van der Waals surface area contributed by atoms with Crippen LogP contribution in [0.2, 0.25) is 0 Å². The number of carbonyl (C=O) groups excluding carboxylic acids is 2. The molecule has 0 spiro atoms. The van der Waals surface area contributed by atoms with Crippen LogP contribution >= 0.6 is 0 Å². The van der Waals surface area contributed by atoms with Gasteiger partial charge in [-0.25, -0.2) is 4.39 Å². The first-order chi connectivity index (χ1) is 9.28. The van der Waals surface area contributed by atoms with Crippen LogP contribution in [-0.4, -0.2) is 31.1 Å². The van der Waals surface area contributed by atoms with E-state index in [1.165, 1.54) is 0 Å². The number of hydrogen-bond donors (Lipinski definition) is 0. The van der Waals surface area contributed by atoms with Crippen molar-refractivity contribution >= 4 is 17.6 Å². The van der Waals surface area contributed by atoms with Gasteiger partial charge < -0.3 is 9.47 Å². The molecule has 7 nitrogen and oxygen atoms in total. The van der Waals surface area contributed by atoms with Crippen molar-refractivity contribution in [1.29, 1.82) is 0 Å². The van der Waals surface area contributed by atoms with Crippen LogP contribution in [0.1, 0.15) is 12.5 Å². The fourth-order valence-electron chi connectivity index (χ4n) is 1.73. The summed E-state index contributed by atoms with van der Waals surface area (Å²) >= 11 is 0. The Morgan fingerprint density at radius 2 is 1.75 bits per heavy atom. The van der Waals surface area contributed by atoms with E-state index in [0.29, 0.717) is 6.07 Å². The maximum atomic E-state index is 14.0. The number of nitrogens with zero attached hydrogens (tertiary/aromatic N) is 1. The lowest BCUT2D eigenvalue weighted by atomic mass is 9.82. The molecule has 0 heterocycles. The second-order valence-electron chi connectivity index (χ2n) is 4.03. The molecule has 0 aliphatic carbocycles. The smallest absolute Gasteiger partial charge is 0.327 e. The van der Waals surface area contributed by atoms with Gasteiger partial charge in [0.15, 0.2) is 5.41 Å². The van der Waals surface area contributed by atoms with Gasteiger partial charge in [-0.15, -0.1) is 0 Å². The van der Waals surface area contributed by atoms with Crippen LogP contribution in [0.4, 0.5) is 10.1 Å². The largest absolute Gasteiger partial charge is 0.468 e. The van der Waals surface area contributed by atoms with Gasteiger partial charge in [0.25, 0.3) is 5.69 Å². The second kappa shape index (κ2) is 5.64. The summed E-state index contributed by atoms with van der Waals surface area (Å²) in [7, 11) is 2.07. The van der Waals surface area contributed by atoms with Gasteiger partial charge in [0.1, 0.15) is 5.82 Å². The Morgan fingerprint density at radius 3 is 2.10 bits per heavy atom. The van der Waals surface area contributed by atoms with Crippen LogP contribution in [-0.2, 0) is 24.5 Å². The fraction of sp³-hybridized carbons (Fsp3) is 0.333. The zero-order chi connectivity index (χ0) is 15.5. The van der Waals surface area contributed by atoms with E-state index in [2.05, 4.69) is 9.47 Å². The predicted molar refractivity (Wildman–Crippen MR) is 64.4 cm³/mol. The molecule has 0 unspecified atom stereocenters. The maximum absolute atomic E-state index is 14.0. The lowest BCUT2D eigenvalue weighted by Crippen LogP contribution is -2.43. The molecule has 108 valence electrons. The van der Waals surface area contributed by atoms with Crippen LogP contribution in [0.15, 0.2) is 18.2 Å². The molecule has 0 amide bonds. The molecular weight excluding hydrogens is 273 g/mol. The highest BCUT2D eigenvalue weighted by molar-refractivity contribution is 6.05. The summed E-state index contributed by atoms with van der Waals surface area (Å²) in [6.07, 6.45) is 0. The normalized spacial score (nSPS) is 10.8. The number of benzene rings is 1. The minimum absolute atomic E-state index is 0.359. The van der Waals surface area contributed by atoms with Crippen molar-refractivity contribution in [2.45, 2.75) is 12.3 Å². The van der Waals surface area contributed by atoms with Crippen molar-refractivity contribution in [2.75, 3.05) is 14.2 Å². The van der Waals surface area contributed by atoms with Crippen molar-refractivity contribution in [3.8, 4) is 0 Å². The van der Waals surface area contributed by atoms with Crippen LogP contribution in [0, 0.1) is 15.9 Å². The van der Waals surface area contributed by atoms with Gasteiger partial charge in [0.05, 0.1) is 25.2 Å². The Balaban J connectivity index is 3.47. The molecule has 0 radical (unpaired) electrons. The Morgan fingerprint density at radius 1 is 1.25 bits per heavy atom. The van der Waals surface area contributed by atoms with Crippen LogP contribution in [0.25, 0.3) is 0 Å². The molecule has 0 aromatic heterocycles. The number of carbonyl (C=O) groups is 2. The number of rotatable bonds is 4. The van der Waals surface area contributed by atoms with Gasteiger partial charge in [-0.05, 0) is 13.0 Å². The van der Waals surface area contributed by atoms with Crippen molar-refractivity contribution in [2.24, 2.45) is 0 Å². The summed E-state index contributed by atoms with van der Waals surface area (Å²) in [5, 5.41) is 10.5. The van der Waals surface area contributed by atoms with Crippen molar-refractivity contribution in [3.63, 3.8) is 0 Å². The van der Waals surface area contributed by atoms with E-state index in [1.54, 1.807) is 0 Å². The van der Waals surface area contributed by atoms with Gasteiger partial charge in [-0.3, -0.25) is 19.7 Å². The average molecular weight is 285 g/mol. The van der Waals surface area contributed by atoms with Crippen LogP contribution < -0.4 is 0 Å². The SMILES string of the molecule is COC(=O)C(C)(C(=O)OC)c1ccc([N+](=O)[O-])cc1F. The summed E-state index contributed by atoms with van der Waals surface area (Å²) in [6.45, 7) is 1.12. The molecule has 0 saturated carbocycles. The molecule has 0 saturated heterocycles. The second-order valence-corrected chi connectivity index (χ2v) is 4.03. The highest BCUT2D eigenvalue weighted by Gasteiger charge is 2.47. The van der Waals surface area contributed by atoms with E-state index < -0.39 is 33.8 Å². The van der Waals surface area contributed by atoms with Crippen LogP contribution in [0.3, 0.4) is 0 Å². The summed E-state index contributed by atoms with van der Waals surface area (Å²) in [5.74, 6) is -3.13. The molecular formula is C12H12FNO6. The number of hydrogen-bond acceptors (Lipinski definition) is 6. The van der Waals surface area contributed by atoms with E-state index in [1.807, 2.05) is 0 Å². The van der Waals surface area contributed by atoms with Gasteiger partial charge in [-0.2, -0.15) is 0 Å². The summed E-state index contributed by atoms with van der Waals surface area (Å²) < 4.78 is 22.9. The third kappa shape index (κ3) is 2.44. The van der Waals surface area contributed by atoms with Crippen molar-refractivity contribution in [1.82, 2.24) is 0 Å². The van der Waals surface area contributed by atoms with Crippen molar-refractivity contribution in [3.05, 3.63) is 39.7 Å². The fourth-order valence-corrected chi connectivity index (χ4v) is 1.73. The topological polar surface area (TPSA) is 95.7 Å². The van der Waals surface area contributed by atoms with E-state index in [4.69, 9.17) is 0 Å². The Kier molecular flexibility index (Phi) is 4.38. The van der Waals surface area contributed by atoms with Crippen molar-refractivity contribution < 1.29 is 28.4 Å². The Labute approximate surface area is 113 Å². The first-order valence-electron chi connectivity index (χ1n) is 5.40. The minimum Gasteiger partial charge on any atom is -0.468 e. The molecule has 0 bridgehead atoms. The number of ether oxygens (including phenoxy) is 2. The van der Waals surface area contributed by atoms with Gasteiger partial charge >= 0.3 is 11.9 Å². The molecule has 0 fully saturated rings. The minimum atomic E-state index is -2.04. The zero-order valence-electron chi connectivity index (χ0n) is 11.0. The maximum Gasteiger partial charge on any atom is 0.327 e. The van der Waals surface area contributed by atoms with Gasteiger partial charge in [0.2, 0.25) is 0 Å². The molecule has 1 aromatic carbocycles. The lowest BCUT2D eigenvalue weighted by molar-refractivity contribution is -0.385. The van der Waals surface area contributed by atoms with E-state index in [0.717, 1.165) is 33.3 Å². The van der Waals surface area contributed by atoms with E-state index >= 15 is 0 Å². The molecule has 0 aliphatic rings. The summed E-state index contributed by atoms with van der Waals surface area (Å²) in [6, 6.07) is 2.60. The highest BCUT2D eigenvalue weighted by Crippen LogP contribution is 2.31. The zero-order valence-corrected chi connectivity index (χ0v) is 11.0. The number of nitro groups is 1. The number of esters is 2.